The van der Waals surface area contributed by atoms with Crippen LogP contribution in [0.25, 0.3) is 0 Å². The molecule has 2 fully saturated rings. The fourth-order valence-electron chi connectivity index (χ4n) is 2.90. The lowest BCUT2D eigenvalue weighted by molar-refractivity contribution is 0.0903. The monoisotopic (exact) mass is 234 g/mol. The molecule has 92 valence electrons. The number of aryl methyl sites for hydroxylation is 1. The van der Waals surface area contributed by atoms with E-state index < -0.39 is 0 Å². The second-order valence-corrected chi connectivity index (χ2v) is 5.04. The molecule has 0 spiro atoms. The average molecular weight is 234 g/mol. The first-order chi connectivity index (χ1) is 8.26. The van der Waals surface area contributed by atoms with E-state index in [1.54, 1.807) is 6.26 Å². The summed E-state index contributed by atoms with van der Waals surface area (Å²) in [5, 5.41) is 6.57. The summed E-state index contributed by atoms with van der Waals surface area (Å²) in [5.41, 5.74) is 1.07. The zero-order valence-corrected chi connectivity index (χ0v) is 10.0. The van der Waals surface area contributed by atoms with Crippen LogP contribution in [0.1, 0.15) is 42.3 Å². The molecule has 3 rings (SSSR count). The Morgan fingerprint density at radius 3 is 3.06 bits per heavy atom. The Hall–Kier alpha value is -1.29. The van der Waals surface area contributed by atoms with E-state index in [9.17, 15) is 4.79 Å². The van der Waals surface area contributed by atoms with Gasteiger partial charge in [0.05, 0.1) is 6.26 Å². The molecule has 0 aromatic carbocycles. The Morgan fingerprint density at radius 2 is 2.47 bits per heavy atom. The third-order valence-corrected chi connectivity index (χ3v) is 3.90. The van der Waals surface area contributed by atoms with Gasteiger partial charge in [0.15, 0.2) is 5.76 Å². The van der Waals surface area contributed by atoms with Crippen LogP contribution in [0.4, 0.5) is 0 Å². The van der Waals surface area contributed by atoms with Crippen LogP contribution < -0.4 is 10.6 Å². The van der Waals surface area contributed by atoms with E-state index in [0.29, 0.717) is 17.8 Å². The lowest BCUT2D eigenvalue weighted by Gasteiger charge is -2.20. The van der Waals surface area contributed by atoms with Gasteiger partial charge in [-0.15, -0.1) is 0 Å². The van der Waals surface area contributed by atoms with Gasteiger partial charge in [0.2, 0.25) is 0 Å². The fraction of sp³-hybridized carbons (Fsp3) is 0.615. The Balaban J connectivity index is 1.63. The quantitative estimate of drug-likeness (QED) is 0.832. The highest BCUT2D eigenvalue weighted by Crippen LogP contribution is 2.28. The Morgan fingerprint density at radius 1 is 1.59 bits per heavy atom. The largest absolute Gasteiger partial charge is 0.459 e. The normalized spacial score (nSPS) is 30.8. The number of hydrogen-bond acceptors (Lipinski definition) is 3. The number of carbonyl (C=O) groups excluding carboxylic acids is 1. The summed E-state index contributed by atoms with van der Waals surface area (Å²) in [6.07, 6.45) is 6.03. The molecule has 0 aliphatic carbocycles. The molecule has 1 aromatic heterocycles. The van der Waals surface area contributed by atoms with Crippen LogP contribution in [0.15, 0.2) is 16.7 Å². The van der Waals surface area contributed by atoms with Gasteiger partial charge >= 0.3 is 0 Å². The number of furan rings is 1. The van der Waals surface area contributed by atoms with Gasteiger partial charge in [0.25, 0.3) is 5.91 Å². The van der Waals surface area contributed by atoms with Crippen molar-refractivity contribution in [2.45, 2.75) is 50.7 Å². The van der Waals surface area contributed by atoms with E-state index in [1.807, 2.05) is 13.0 Å². The first-order valence-corrected chi connectivity index (χ1v) is 6.40. The highest BCUT2D eigenvalue weighted by Gasteiger charge is 2.39. The Labute approximate surface area is 101 Å². The summed E-state index contributed by atoms with van der Waals surface area (Å²) in [5.74, 6) is 0.355. The standard InChI is InChI=1S/C13H18N2O2/c1-2-8-5-12(17-7-8)13(16)15-11-6-9-3-4-10(11)14-9/h5,7,9-11,14H,2-4,6H2,1H3,(H,15,16)/t9?,10?,11-/m1/s1. The molecular formula is C13H18N2O2. The molecule has 17 heavy (non-hydrogen) atoms. The highest BCUT2D eigenvalue weighted by atomic mass is 16.3. The molecule has 2 unspecified atom stereocenters. The number of fused-ring (bicyclic) bond motifs is 2. The summed E-state index contributed by atoms with van der Waals surface area (Å²) >= 11 is 0. The average Bonchev–Trinajstić information content (AvgIpc) is 3.04. The minimum Gasteiger partial charge on any atom is -0.459 e. The van der Waals surface area contributed by atoms with Crippen LogP contribution in [-0.4, -0.2) is 24.0 Å². The molecule has 2 N–H and O–H groups in total. The van der Waals surface area contributed by atoms with E-state index in [2.05, 4.69) is 10.6 Å². The molecule has 3 heterocycles. The minimum absolute atomic E-state index is 0.0796. The molecule has 3 atom stereocenters. The van der Waals surface area contributed by atoms with Crippen molar-refractivity contribution >= 4 is 5.91 Å². The van der Waals surface area contributed by atoms with E-state index in [1.165, 1.54) is 12.8 Å². The van der Waals surface area contributed by atoms with Crippen molar-refractivity contribution in [1.29, 1.82) is 0 Å². The van der Waals surface area contributed by atoms with Crippen LogP contribution in [0.2, 0.25) is 0 Å². The first kappa shape index (κ1) is 10.8. The van der Waals surface area contributed by atoms with Crippen LogP contribution in [0, 0.1) is 0 Å². The molecule has 0 radical (unpaired) electrons. The summed E-state index contributed by atoms with van der Waals surface area (Å²) in [6.45, 7) is 2.05. The molecule has 2 bridgehead atoms. The zero-order chi connectivity index (χ0) is 11.8. The van der Waals surface area contributed by atoms with Gasteiger partial charge in [-0.3, -0.25) is 4.79 Å². The maximum absolute atomic E-state index is 12.0. The van der Waals surface area contributed by atoms with Crippen molar-refractivity contribution in [3.8, 4) is 0 Å². The zero-order valence-electron chi connectivity index (χ0n) is 10.0. The SMILES string of the molecule is CCc1coc(C(=O)N[C@@H]2CC3CCC2N3)c1. The van der Waals surface area contributed by atoms with Gasteiger partial charge in [0.1, 0.15) is 0 Å². The molecule has 1 amide bonds. The first-order valence-electron chi connectivity index (χ1n) is 6.40. The highest BCUT2D eigenvalue weighted by molar-refractivity contribution is 5.91. The van der Waals surface area contributed by atoms with Crippen molar-refractivity contribution < 1.29 is 9.21 Å². The third kappa shape index (κ3) is 1.97. The maximum atomic E-state index is 12.0. The summed E-state index contributed by atoms with van der Waals surface area (Å²) in [7, 11) is 0. The minimum atomic E-state index is -0.0796. The molecular weight excluding hydrogens is 216 g/mol. The Bertz CT molecular complexity index is 427. The molecule has 2 aliphatic rings. The van der Waals surface area contributed by atoms with Crippen molar-refractivity contribution in [2.75, 3.05) is 0 Å². The van der Waals surface area contributed by atoms with Crippen molar-refractivity contribution in [3.63, 3.8) is 0 Å². The van der Waals surface area contributed by atoms with Crippen LogP contribution >= 0.6 is 0 Å². The van der Waals surface area contributed by atoms with Crippen molar-refractivity contribution in [1.82, 2.24) is 10.6 Å². The van der Waals surface area contributed by atoms with E-state index in [-0.39, 0.29) is 11.9 Å². The van der Waals surface area contributed by atoms with Gasteiger partial charge < -0.3 is 15.1 Å². The van der Waals surface area contributed by atoms with Crippen LogP contribution in [-0.2, 0) is 6.42 Å². The number of amides is 1. The number of rotatable bonds is 3. The summed E-state index contributed by atoms with van der Waals surface area (Å²) in [4.78, 5) is 12.0. The van der Waals surface area contributed by atoms with Crippen molar-refractivity contribution in [2.24, 2.45) is 0 Å². The van der Waals surface area contributed by atoms with Crippen molar-refractivity contribution in [3.05, 3.63) is 23.7 Å². The van der Waals surface area contributed by atoms with Gasteiger partial charge in [-0.05, 0) is 37.3 Å². The Kier molecular flexibility index (Phi) is 2.67. The van der Waals surface area contributed by atoms with E-state index in [4.69, 9.17) is 4.42 Å². The third-order valence-electron chi connectivity index (χ3n) is 3.90. The summed E-state index contributed by atoms with van der Waals surface area (Å²) in [6, 6.07) is 3.17. The smallest absolute Gasteiger partial charge is 0.287 e. The topological polar surface area (TPSA) is 54.3 Å². The predicted molar refractivity (Wildman–Crippen MR) is 63.9 cm³/mol. The molecule has 2 aliphatic heterocycles. The lowest BCUT2D eigenvalue weighted by Crippen LogP contribution is -2.42. The van der Waals surface area contributed by atoms with E-state index in [0.717, 1.165) is 18.4 Å². The molecule has 4 heteroatoms. The van der Waals surface area contributed by atoms with Gasteiger partial charge in [0, 0.05) is 18.1 Å². The van der Waals surface area contributed by atoms with Crippen LogP contribution in [0.3, 0.4) is 0 Å². The van der Waals surface area contributed by atoms with Gasteiger partial charge in [-0.2, -0.15) is 0 Å². The fourth-order valence-corrected chi connectivity index (χ4v) is 2.90. The van der Waals surface area contributed by atoms with E-state index >= 15 is 0 Å². The lowest BCUT2D eigenvalue weighted by atomic mass is 9.95. The van der Waals surface area contributed by atoms with Gasteiger partial charge in [-0.1, -0.05) is 6.92 Å². The van der Waals surface area contributed by atoms with Gasteiger partial charge in [-0.25, -0.2) is 0 Å². The molecule has 4 nitrogen and oxygen atoms in total. The number of hydrogen-bond donors (Lipinski definition) is 2. The number of carbonyl (C=O) groups is 1. The van der Waals surface area contributed by atoms with Crippen LogP contribution in [0.5, 0.6) is 0 Å². The molecule has 1 aromatic rings. The predicted octanol–water partition coefficient (Wildman–Crippen LogP) is 1.46. The maximum Gasteiger partial charge on any atom is 0.287 e. The molecule has 2 saturated heterocycles. The molecule has 0 saturated carbocycles. The second-order valence-electron chi connectivity index (χ2n) is 5.04. The number of nitrogens with one attached hydrogen (secondary N) is 2. The second kappa shape index (κ2) is 4.18. The summed E-state index contributed by atoms with van der Waals surface area (Å²) < 4.78 is 5.28.